The summed E-state index contributed by atoms with van der Waals surface area (Å²) in [6.07, 6.45) is 4.91. The molecule has 0 unspecified atom stereocenters. The second kappa shape index (κ2) is 10.6. The Morgan fingerprint density at radius 2 is 1.30 bits per heavy atom. The Bertz CT molecular complexity index is 899. The number of nitrogens with two attached hydrogens (primary N) is 1. The maximum atomic E-state index is 5.53. The summed E-state index contributed by atoms with van der Waals surface area (Å²) in [6, 6.07) is 15.9. The van der Waals surface area contributed by atoms with Gasteiger partial charge in [0.25, 0.3) is 0 Å². The average molecular weight is 409 g/mol. The molecule has 162 valence electrons. The molecule has 0 aliphatic carbocycles. The lowest BCUT2D eigenvalue weighted by Gasteiger charge is -2.15. The van der Waals surface area contributed by atoms with Crippen molar-refractivity contribution in [3.8, 4) is 0 Å². The number of rotatable bonds is 11. The van der Waals surface area contributed by atoms with Gasteiger partial charge in [0.1, 0.15) is 6.54 Å². The van der Waals surface area contributed by atoms with Gasteiger partial charge in [-0.3, -0.25) is 0 Å². The molecule has 0 fully saturated rings. The van der Waals surface area contributed by atoms with Crippen LogP contribution in [0.4, 0.5) is 11.4 Å². The van der Waals surface area contributed by atoms with E-state index in [9.17, 15) is 0 Å². The molecule has 0 saturated heterocycles. The number of aromatic nitrogens is 1. The van der Waals surface area contributed by atoms with Crippen molar-refractivity contribution in [2.75, 3.05) is 57.6 Å². The zero-order chi connectivity index (χ0) is 21.5. The Hall–Kier alpha value is -2.37. The van der Waals surface area contributed by atoms with Gasteiger partial charge in [0.05, 0.1) is 0 Å². The number of benzene rings is 2. The first-order valence-corrected chi connectivity index (χ1v) is 11.2. The number of unbranched alkanes of at least 4 members (excludes halogenated alkanes) is 3. The minimum Gasteiger partial charge on any atom is -0.377 e. The van der Waals surface area contributed by atoms with Crippen molar-refractivity contribution in [3.05, 3.63) is 42.5 Å². The summed E-state index contributed by atoms with van der Waals surface area (Å²) in [5, 5.41) is 5.99. The van der Waals surface area contributed by atoms with Crippen molar-refractivity contribution in [1.29, 1.82) is 0 Å². The van der Waals surface area contributed by atoms with E-state index in [1.165, 1.54) is 58.9 Å². The monoisotopic (exact) mass is 408 g/mol. The Morgan fingerprint density at radius 3 is 1.83 bits per heavy atom. The number of nitrogens with zero attached hydrogens (tertiary/aromatic N) is 3. The van der Waals surface area contributed by atoms with Crippen LogP contribution in [0.25, 0.3) is 21.8 Å². The molecule has 1 aromatic heterocycles. The number of anilines is 2. The summed E-state index contributed by atoms with van der Waals surface area (Å²) in [5.41, 5.74) is 10.6. The van der Waals surface area contributed by atoms with Crippen LogP contribution >= 0.6 is 0 Å². The summed E-state index contributed by atoms with van der Waals surface area (Å²) >= 11 is 0. The Kier molecular flexibility index (Phi) is 7.88. The zero-order valence-electron chi connectivity index (χ0n) is 19.1. The van der Waals surface area contributed by atoms with Crippen molar-refractivity contribution in [3.63, 3.8) is 0 Å². The van der Waals surface area contributed by atoms with Crippen LogP contribution in [0.3, 0.4) is 0 Å². The standard InChI is InChI=1S/C25H38N5/c1-28(2)22-11-9-20-17-21-10-12-23(29(3)4)19-25(21)30(24(20)18-22)16-8-6-5-7-14-27-15-13-26/h9-12,17-19,27H,5-8,13-16,26H2,1-4H3/q+1. The quantitative estimate of drug-likeness (QED) is 0.290. The Morgan fingerprint density at radius 1 is 0.733 bits per heavy atom. The van der Waals surface area contributed by atoms with E-state index >= 15 is 0 Å². The third-order valence-corrected chi connectivity index (χ3v) is 5.76. The molecule has 3 rings (SSSR count). The number of nitrogens with one attached hydrogen (secondary N) is 1. The van der Waals surface area contributed by atoms with Gasteiger partial charge < -0.3 is 20.9 Å². The van der Waals surface area contributed by atoms with Crippen LogP contribution in [0.1, 0.15) is 25.7 Å². The van der Waals surface area contributed by atoms with E-state index < -0.39 is 0 Å². The number of aryl methyl sites for hydroxylation is 1. The zero-order valence-corrected chi connectivity index (χ0v) is 19.1. The summed E-state index contributed by atoms with van der Waals surface area (Å²) in [7, 11) is 8.43. The highest BCUT2D eigenvalue weighted by Gasteiger charge is 2.17. The van der Waals surface area contributed by atoms with E-state index in [1.807, 2.05) is 0 Å². The van der Waals surface area contributed by atoms with Crippen LogP contribution in [0.5, 0.6) is 0 Å². The smallest absolute Gasteiger partial charge is 0.215 e. The van der Waals surface area contributed by atoms with Crippen molar-refractivity contribution in [2.24, 2.45) is 5.73 Å². The molecule has 5 heteroatoms. The molecule has 0 aliphatic rings. The van der Waals surface area contributed by atoms with E-state index in [-0.39, 0.29) is 0 Å². The molecular weight excluding hydrogens is 370 g/mol. The van der Waals surface area contributed by atoms with Gasteiger partial charge in [-0.05, 0) is 49.7 Å². The predicted molar refractivity (Wildman–Crippen MR) is 131 cm³/mol. The van der Waals surface area contributed by atoms with E-state index in [0.29, 0.717) is 6.54 Å². The molecule has 0 radical (unpaired) electrons. The molecule has 3 N–H and O–H groups in total. The van der Waals surface area contributed by atoms with Gasteiger partial charge in [-0.2, -0.15) is 4.57 Å². The van der Waals surface area contributed by atoms with Crippen molar-refractivity contribution in [2.45, 2.75) is 32.2 Å². The first-order valence-electron chi connectivity index (χ1n) is 11.2. The average Bonchev–Trinajstić information content (AvgIpc) is 2.74. The summed E-state index contributed by atoms with van der Waals surface area (Å²) in [5.74, 6) is 0. The highest BCUT2D eigenvalue weighted by Crippen LogP contribution is 2.25. The third-order valence-electron chi connectivity index (χ3n) is 5.76. The van der Waals surface area contributed by atoms with Gasteiger partial charge in [-0.1, -0.05) is 6.42 Å². The number of pyridine rings is 1. The molecule has 0 spiro atoms. The van der Waals surface area contributed by atoms with Gasteiger partial charge in [-0.15, -0.1) is 0 Å². The lowest BCUT2D eigenvalue weighted by atomic mass is 10.1. The van der Waals surface area contributed by atoms with Crippen molar-refractivity contribution in [1.82, 2.24) is 5.32 Å². The molecule has 30 heavy (non-hydrogen) atoms. The lowest BCUT2D eigenvalue weighted by Crippen LogP contribution is -2.36. The molecule has 0 aliphatic heterocycles. The Labute approximate surface area is 181 Å². The first kappa shape index (κ1) is 22.3. The maximum absolute atomic E-state index is 5.53. The molecule has 0 bridgehead atoms. The third kappa shape index (κ3) is 5.41. The van der Waals surface area contributed by atoms with E-state index in [0.717, 1.165) is 19.6 Å². The van der Waals surface area contributed by atoms with Crippen LogP contribution < -0.4 is 25.4 Å². The fraction of sp³-hybridized carbons (Fsp3) is 0.480. The van der Waals surface area contributed by atoms with Gasteiger partial charge in [0, 0.05) is 82.0 Å². The molecular formula is C25H38N5+. The number of hydrogen-bond acceptors (Lipinski definition) is 4. The van der Waals surface area contributed by atoms with Crippen LogP contribution in [-0.2, 0) is 6.54 Å². The second-order valence-electron chi connectivity index (χ2n) is 8.52. The van der Waals surface area contributed by atoms with Crippen molar-refractivity contribution < 1.29 is 4.57 Å². The van der Waals surface area contributed by atoms with Crippen molar-refractivity contribution >= 4 is 33.2 Å². The molecule has 0 saturated carbocycles. The predicted octanol–water partition coefficient (Wildman–Crippen LogP) is 3.52. The van der Waals surface area contributed by atoms with E-state index in [1.54, 1.807) is 0 Å². The first-order chi connectivity index (χ1) is 14.5. The molecule has 0 atom stereocenters. The Balaban J connectivity index is 1.88. The summed E-state index contributed by atoms with van der Waals surface area (Å²) in [4.78, 5) is 4.36. The van der Waals surface area contributed by atoms with Gasteiger partial charge >= 0.3 is 0 Å². The largest absolute Gasteiger partial charge is 0.377 e. The highest BCUT2D eigenvalue weighted by molar-refractivity contribution is 5.91. The van der Waals surface area contributed by atoms with E-state index in [4.69, 9.17) is 5.73 Å². The second-order valence-corrected chi connectivity index (χ2v) is 8.52. The van der Waals surface area contributed by atoms with Gasteiger partial charge in [0.2, 0.25) is 11.0 Å². The molecule has 0 amide bonds. The number of hydrogen-bond donors (Lipinski definition) is 2. The topological polar surface area (TPSA) is 48.4 Å². The van der Waals surface area contributed by atoms with E-state index in [2.05, 4.69) is 90.3 Å². The van der Waals surface area contributed by atoms with Crippen LogP contribution in [-0.4, -0.2) is 47.8 Å². The minimum absolute atomic E-state index is 0.717. The van der Waals surface area contributed by atoms with Crippen LogP contribution in [0.15, 0.2) is 42.5 Å². The fourth-order valence-electron chi connectivity index (χ4n) is 3.97. The fourth-order valence-corrected chi connectivity index (χ4v) is 3.97. The highest BCUT2D eigenvalue weighted by atomic mass is 15.1. The SMILES string of the molecule is CN(C)c1ccc2cc3ccc(N(C)C)cc3[n+](CCCCCCNCCN)c2c1. The molecule has 2 aromatic carbocycles. The molecule has 5 nitrogen and oxygen atoms in total. The molecule has 1 heterocycles. The number of fused-ring (bicyclic) bond motifs is 2. The van der Waals surface area contributed by atoms with Gasteiger partial charge in [0.15, 0.2) is 0 Å². The van der Waals surface area contributed by atoms with Crippen LogP contribution in [0.2, 0.25) is 0 Å². The normalized spacial score (nSPS) is 11.4. The summed E-state index contributed by atoms with van der Waals surface area (Å²) in [6.45, 7) is 3.74. The maximum Gasteiger partial charge on any atom is 0.215 e. The van der Waals surface area contributed by atoms with Crippen LogP contribution in [0, 0.1) is 0 Å². The lowest BCUT2D eigenvalue weighted by molar-refractivity contribution is -0.645. The van der Waals surface area contributed by atoms with Gasteiger partial charge in [-0.25, -0.2) is 0 Å². The molecule has 3 aromatic rings. The minimum atomic E-state index is 0.717. The summed E-state index contributed by atoms with van der Waals surface area (Å²) < 4.78 is 2.53.